The molecule has 50 heavy (non-hydrogen) atoms. The number of benzene rings is 2. The molecule has 0 unspecified atom stereocenters. The minimum atomic E-state index is -1.06. The molecular formula is C38H50N2O10. The first-order valence-corrected chi connectivity index (χ1v) is 16.7. The summed E-state index contributed by atoms with van der Waals surface area (Å²) in [6.07, 6.45) is 5.72. The molecule has 2 aromatic rings. The van der Waals surface area contributed by atoms with Gasteiger partial charge in [-0.3, -0.25) is 9.59 Å². The molecule has 0 aliphatic carbocycles. The molecule has 0 spiro atoms. The molecule has 2 amide bonds. The Labute approximate surface area is 294 Å². The number of hydrogen-bond donors (Lipinski definition) is 2. The fourth-order valence-electron chi connectivity index (χ4n) is 5.01. The number of hydrogen-bond acceptors (Lipinski definition) is 10. The second-order valence-corrected chi connectivity index (χ2v) is 12.0. The van der Waals surface area contributed by atoms with Crippen LogP contribution in [0.25, 0.3) is 0 Å². The molecule has 1 aliphatic rings. The van der Waals surface area contributed by atoms with Crippen LogP contribution in [0, 0.1) is 11.8 Å². The number of rotatable bonds is 10. The standard InChI is InChI=1S/C38H50N2O10/c1-27-13-11-19-35(41)39-32(24-48-22-30-17-9-6-10-18-30)38(44)50-26-34(46-4)28(2)14-12-20-36(42)40-31(37(43)49-25-33(27)45-3)23-47-21-29-15-7-5-8-16-29/h5-18,27-28,31-34H,19-26H2,1-4H3,(H,39,41)(H,40,42)/b13-11+,14-12+/t27-,28-,31+,32+,33-,34-/m1/s1. The zero-order valence-electron chi connectivity index (χ0n) is 29.3. The summed E-state index contributed by atoms with van der Waals surface area (Å²) in [5, 5.41) is 5.43. The first kappa shape index (κ1) is 40.1. The van der Waals surface area contributed by atoms with Crippen LogP contribution in [0.5, 0.6) is 0 Å². The molecular weight excluding hydrogens is 644 g/mol. The largest absolute Gasteiger partial charge is 0.461 e. The predicted molar refractivity (Wildman–Crippen MR) is 185 cm³/mol. The molecule has 2 N–H and O–H groups in total. The number of cyclic esters (lactones) is 2. The van der Waals surface area contributed by atoms with Gasteiger partial charge in [0.25, 0.3) is 0 Å². The van der Waals surface area contributed by atoms with Crippen LogP contribution in [0.15, 0.2) is 85.0 Å². The van der Waals surface area contributed by atoms with Crippen LogP contribution in [-0.2, 0) is 60.8 Å². The molecule has 6 atom stereocenters. The van der Waals surface area contributed by atoms with Crippen LogP contribution in [0.2, 0.25) is 0 Å². The third-order valence-electron chi connectivity index (χ3n) is 8.08. The normalized spacial score (nSPS) is 26.2. The number of carbonyl (C=O) groups excluding carboxylic acids is 4. The molecule has 12 heteroatoms. The molecule has 0 saturated carbocycles. The number of esters is 2. The highest BCUT2D eigenvalue weighted by atomic mass is 16.6. The summed E-state index contributed by atoms with van der Waals surface area (Å²) >= 11 is 0. The van der Waals surface area contributed by atoms with Gasteiger partial charge in [-0.15, -0.1) is 0 Å². The second-order valence-electron chi connectivity index (χ2n) is 12.0. The van der Waals surface area contributed by atoms with Crippen LogP contribution in [0.1, 0.15) is 37.8 Å². The van der Waals surface area contributed by atoms with E-state index in [0.29, 0.717) is 0 Å². The van der Waals surface area contributed by atoms with Crippen molar-refractivity contribution in [1.82, 2.24) is 10.6 Å². The van der Waals surface area contributed by atoms with Crippen molar-refractivity contribution >= 4 is 23.8 Å². The summed E-state index contributed by atoms with van der Waals surface area (Å²) in [5.41, 5.74) is 1.84. The van der Waals surface area contributed by atoms with Gasteiger partial charge in [-0.1, -0.05) is 98.8 Å². The number of amides is 2. The van der Waals surface area contributed by atoms with E-state index in [0.717, 1.165) is 11.1 Å². The zero-order valence-corrected chi connectivity index (χ0v) is 29.3. The van der Waals surface area contributed by atoms with Crippen molar-refractivity contribution in [2.75, 3.05) is 40.6 Å². The van der Waals surface area contributed by atoms with E-state index in [9.17, 15) is 19.2 Å². The number of carbonyl (C=O) groups is 4. The maximum Gasteiger partial charge on any atom is 0.331 e. The molecule has 0 aromatic heterocycles. The molecule has 0 radical (unpaired) electrons. The Bertz CT molecular complexity index is 1280. The van der Waals surface area contributed by atoms with E-state index in [4.69, 9.17) is 28.4 Å². The quantitative estimate of drug-likeness (QED) is 0.279. The van der Waals surface area contributed by atoms with Crippen LogP contribution in [-0.4, -0.2) is 88.7 Å². The lowest BCUT2D eigenvalue weighted by Gasteiger charge is -2.23. The summed E-state index contributed by atoms with van der Waals surface area (Å²) in [4.78, 5) is 52.2. The highest BCUT2D eigenvalue weighted by molar-refractivity contribution is 5.86. The van der Waals surface area contributed by atoms with Gasteiger partial charge in [-0.05, 0) is 11.1 Å². The molecule has 2 aromatic carbocycles. The van der Waals surface area contributed by atoms with Gasteiger partial charge in [-0.25, -0.2) is 9.59 Å². The minimum Gasteiger partial charge on any atom is -0.461 e. The lowest BCUT2D eigenvalue weighted by molar-refractivity contribution is -0.154. The van der Waals surface area contributed by atoms with Crippen molar-refractivity contribution in [3.63, 3.8) is 0 Å². The molecule has 0 bridgehead atoms. The maximum atomic E-state index is 13.2. The van der Waals surface area contributed by atoms with Crippen molar-refractivity contribution in [2.24, 2.45) is 11.8 Å². The molecule has 3 rings (SSSR count). The lowest BCUT2D eigenvalue weighted by Crippen LogP contribution is -2.46. The Morgan fingerprint density at radius 3 is 1.36 bits per heavy atom. The molecule has 1 aliphatic heterocycles. The van der Waals surface area contributed by atoms with Crippen LogP contribution >= 0.6 is 0 Å². The molecule has 0 saturated heterocycles. The molecule has 12 nitrogen and oxygen atoms in total. The minimum absolute atomic E-state index is 0.0294. The topological polar surface area (TPSA) is 148 Å². The van der Waals surface area contributed by atoms with Crippen molar-refractivity contribution < 1.29 is 47.6 Å². The SMILES string of the molecule is CO[C@@H]1COC(=O)[C@H](COCc2ccccc2)NC(=O)C/C=C/[C@@H](C)[C@H](OC)COC(=O)[C@H](COCc2ccccc2)NC(=O)C/C=C/[C@H]1C. The number of methoxy groups -OCH3 is 2. The fourth-order valence-corrected chi connectivity index (χ4v) is 5.01. The van der Waals surface area contributed by atoms with Gasteiger partial charge < -0.3 is 39.1 Å². The lowest BCUT2D eigenvalue weighted by atomic mass is 10.0. The van der Waals surface area contributed by atoms with Gasteiger partial charge >= 0.3 is 11.9 Å². The van der Waals surface area contributed by atoms with Gasteiger partial charge in [-0.2, -0.15) is 0 Å². The van der Waals surface area contributed by atoms with E-state index in [1.807, 2.05) is 74.5 Å². The van der Waals surface area contributed by atoms with E-state index >= 15 is 0 Å². The van der Waals surface area contributed by atoms with Crippen LogP contribution < -0.4 is 10.6 Å². The van der Waals surface area contributed by atoms with E-state index in [1.54, 1.807) is 24.3 Å². The average Bonchev–Trinajstić information content (AvgIpc) is 3.11. The molecule has 1 heterocycles. The summed E-state index contributed by atoms with van der Waals surface area (Å²) in [5.74, 6) is -2.65. The van der Waals surface area contributed by atoms with Crippen molar-refractivity contribution in [2.45, 2.75) is 64.2 Å². The zero-order chi connectivity index (χ0) is 36.1. The second kappa shape index (κ2) is 22.4. The molecule has 272 valence electrons. The van der Waals surface area contributed by atoms with Crippen LogP contribution in [0.4, 0.5) is 0 Å². The van der Waals surface area contributed by atoms with Gasteiger partial charge in [0, 0.05) is 38.9 Å². The fraction of sp³-hybridized carbons (Fsp3) is 0.474. The van der Waals surface area contributed by atoms with E-state index in [2.05, 4.69) is 10.6 Å². The smallest absolute Gasteiger partial charge is 0.331 e. The van der Waals surface area contributed by atoms with Gasteiger partial charge in [0.1, 0.15) is 13.2 Å². The summed E-state index contributed by atoms with van der Waals surface area (Å²) in [7, 11) is 2.99. The van der Waals surface area contributed by atoms with Gasteiger partial charge in [0.2, 0.25) is 11.8 Å². The third kappa shape index (κ3) is 14.6. The van der Waals surface area contributed by atoms with Crippen molar-refractivity contribution in [3.8, 4) is 0 Å². The maximum absolute atomic E-state index is 13.2. The average molecular weight is 695 g/mol. The Morgan fingerprint density at radius 2 is 1.00 bits per heavy atom. The highest BCUT2D eigenvalue weighted by Gasteiger charge is 2.27. The number of ether oxygens (including phenoxy) is 6. The highest BCUT2D eigenvalue weighted by Crippen LogP contribution is 2.13. The Kier molecular flexibility index (Phi) is 17.9. The third-order valence-corrected chi connectivity index (χ3v) is 8.08. The number of nitrogens with one attached hydrogen (secondary N) is 2. The first-order valence-electron chi connectivity index (χ1n) is 16.7. The Hall–Kier alpha value is -4.36. The van der Waals surface area contributed by atoms with Gasteiger partial charge in [0.05, 0.1) is 38.6 Å². The van der Waals surface area contributed by atoms with Gasteiger partial charge in [0.15, 0.2) is 12.1 Å². The predicted octanol–water partition coefficient (Wildman–Crippen LogP) is 3.68. The summed E-state index contributed by atoms with van der Waals surface area (Å²) in [6.45, 7) is 3.81. The Balaban J connectivity index is 1.73. The summed E-state index contributed by atoms with van der Waals surface area (Å²) in [6, 6.07) is 16.8. The van der Waals surface area contributed by atoms with Crippen molar-refractivity contribution in [1.29, 1.82) is 0 Å². The van der Waals surface area contributed by atoms with Crippen LogP contribution in [0.3, 0.4) is 0 Å². The van der Waals surface area contributed by atoms with E-state index in [-0.39, 0.29) is 64.3 Å². The molecule has 0 fully saturated rings. The van der Waals surface area contributed by atoms with Crippen molar-refractivity contribution in [3.05, 3.63) is 96.1 Å². The monoisotopic (exact) mass is 694 g/mol. The Morgan fingerprint density at radius 1 is 0.620 bits per heavy atom. The van der Waals surface area contributed by atoms with E-state index < -0.39 is 48.0 Å². The summed E-state index contributed by atoms with van der Waals surface area (Å²) < 4.78 is 33.8. The first-order chi connectivity index (χ1) is 24.2. The van der Waals surface area contributed by atoms with E-state index in [1.165, 1.54) is 14.2 Å².